The number of nitro groups is 1. The standard InChI is InChI=1S/C25H23N3O6S/c1-2-33-19-13-15(9-12-18(19)34-25(30)14-7-10-16(11-8-14)28(31)32)22-26-23(29)21-17-5-3-4-6-20(17)35-24(21)27-22/h7-13,22,27H,2-6H2,1H3,(H,26,29). The van der Waals surface area contributed by atoms with Gasteiger partial charge in [-0.25, -0.2) is 4.79 Å². The van der Waals surface area contributed by atoms with Crippen LogP contribution in [0.15, 0.2) is 42.5 Å². The highest BCUT2D eigenvalue weighted by atomic mass is 32.1. The van der Waals surface area contributed by atoms with Crippen LogP contribution in [0.5, 0.6) is 11.5 Å². The van der Waals surface area contributed by atoms with Crippen LogP contribution in [0.25, 0.3) is 0 Å². The smallest absolute Gasteiger partial charge is 0.343 e. The molecule has 3 aromatic rings. The average Bonchev–Trinajstić information content (AvgIpc) is 3.24. The Morgan fingerprint density at radius 1 is 1.11 bits per heavy atom. The normalized spacial score (nSPS) is 16.4. The SMILES string of the molecule is CCOc1cc(C2NC(=O)c3c(sc4c3CCCC4)N2)ccc1OC(=O)c1ccc([N+](=O)[O-])cc1. The summed E-state index contributed by atoms with van der Waals surface area (Å²) in [5.41, 5.74) is 2.76. The van der Waals surface area contributed by atoms with E-state index >= 15 is 0 Å². The molecule has 2 N–H and O–H groups in total. The average molecular weight is 494 g/mol. The molecule has 0 fully saturated rings. The first-order valence-electron chi connectivity index (χ1n) is 11.4. The fraction of sp³-hybridized carbons (Fsp3) is 0.280. The zero-order valence-corrected chi connectivity index (χ0v) is 19.8. The van der Waals surface area contributed by atoms with E-state index in [1.54, 1.807) is 29.5 Å². The molecular weight excluding hydrogens is 470 g/mol. The van der Waals surface area contributed by atoms with Crippen LogP contribution >= 0.6 is 11.3 Å². The van der Waals surface area contributed by atoms with Gasteiger partial charge in [0.1, 0.15) is 11.2 Å². The summed E-state index contributed by atoms with van der Waals surface area (Å²) < 4.78 is 11.2. The van der Waals surface area contributed by atoms with E-state index in [0.717, 1.165) is 41.8 Å². The molecule has 2 aliphatic rings. The third-order valence-electron chi connectivity index (χ3n) is 6.07. The molecule has 2 heterocycles. The Morgan fingerprint density at radius 2 is 1.89 bits per heavy atom. The number of rotatable bonds is 6. The number of carbonyl (C=O) groups excluding carboxylic acids is 2. The van der Waals surface area contributed by atoms with Gasteiger partial charge in [-0.3, -0.25) is 14.9 Å². The van der Waals surface area contributed by atoms with E-state index in [2.05, 4.69) is 10.6 Å². The largest absolute Gasteiger partial charge is 0.490 e. The minimum Gasteiger partial charge on any atom is -0.490 e. The van der Waals surface area contributed by atoms with Crippen LogP contribution in [-0.2, 0) is 12.8 Å². The van der Waals surface area contributed by atoms with Gasteiger partial charge in [0.2, 0.25) is 0 Å². The van der Waals surface area contributed by atoms with Crippen LogP contribution < -0.4 is 20.1 Å². The van der Waals surface area contributed by atoms with Crippen molar-refractivity contribution in [2.75, 3.05) is 11.9 Å². The Hall–Kier alpha value is -3.92. The van der Waals surface area contributed by atoms with Gasteiger partial charge in [-0.2, -0.15) is 0 Å². The number of anilines is 1. The van der Waals surface area contributed by atoms with E-state index in [9.17, 15) is 19.7 Å². The summed E-state index contributed by atoms with van der Waals surface area (Å²) in [5.74, 6) is -0.178. The molecule has 0 saturated heterocycles. The van der Waals surface area contributed by atoms with Gasteiger partial charge in [0.25, 0.3) is 11.6 Å². The summed E-state index contributed by atoms with van der Waals surface area (Å²) in [4.78, 5) is 37.1. The second-order valence-corrected chi connectivity index (χ2v) is 9.40. The highest BCUT2D eigenvalue weighted by molar-refractivity contribution is 7.16. The van der Waals surface area contributed by atoms with Crippen molar-refractivity contribution >= 4 is 33.9 Å². The number of nitrogens with zero attached hydrogens (tertiary/aromatic N) is 1. The number of aryl methyl sites for hydroxylation is 1. The van der Waals surface area contributed by atoms with E-state index in [1.807, 2.05) is 6.92 Å². The molecule has 1 aliphatic carbocycles. The highest BCUT2D eigenvalue weighted by Crippen LogP contribution is 2.42. The summed E-state index contributed by atoms with van der Waals surface area (Å²) in [7, 11) is 0. The lowest BCUT2D eigenvalue weighted by molar-refractivity contribution is -0.384. The number of amides is 1. The maximum atomic E-state index is 13.0. The fourth-order valence-electron chi connectivity index (χ4n) is 4.38. The molecule has 5 rings (SSSR count). The molecule has 2 aromatic carbocycles. The monoisotopic (exact) mass is 493 g/mol. The number of non-ortho nitro benzene ring substituents is 1. The number of fused-ring (bicyclic) bond motifs is 3. The van der Waals surface area contributed by atoms with Crippen molar-refractivity contribution < 1.29 is 24.0 Å². The number of hydrogen-bond acceptors (Lipinski definition) is 8. The number of nitro benzene ring substituents is 1. The van der Waals surface area contributed by atoms with Crippen LogP contribution in [0.2, 0.25) is 0 Å². The van der Waals surface area contributed by atoms with Crippen LogP contribution in [0.1, 0.15) is 62.7 Å². The van der Waals surface area contributed by atoms with E-state index in [-0.39, 0.29) is 22.9 Å². The molecule has 1 aromatic heterocycles. The van der Waals surface area contributed by atoms with Gasteiger partial charge in [0.05, 0.1) is 22.7 Å². The van der Waals surface area contributed by atoms with Crippen molar-refractivity contribution in [3.63, 3.8) is 0 Å². The Bertz CT molecular complexity index is 1320. The molecule has 1 atom stereocenters. The fourth-order valence-corrected chi connectivity index (χ4v) is 5.69. The van der Waals surface area contributed by atoms with Crippen molar-refractivity contribution in [2.24, 2.45) is 0 Å². The minimum atomic E-state index is -0.661. The van der Waals surface area contributed by atoms with Gasteiger partial charge < -0.3 is 20.1 Å². The third-order valence-corrected chi connectivity index (χ3v) is 7.29. The molecule has 1 amide bonds. The van der Waals surface area contributed by atoms with Crippen molar-refractivity contribution in [3.8, 4) is 11.5 Å². The second-order valence-electron chi connectivity index (χ2n) is 8.30. The maximum absolute atomic E-state index is 13.0. The molecule has 1 aliphatic heterocycles. The number of thiophene rings is 1. The quantitative estimate of drug-likeness (QED) is 0.214. The van der Waals surface area contributed by atoms with Crippen molar-refractivity contribution in [1.82, 2.24) is 5.32 Å². The first-order chi connectivity index (χ1) is 16.9. The van der Waals surface area contributed by atoms with Crippen molar-refractivity contribution in [2.45, 2.75) is 38.8 Å². The lowest BCUT2D eigenvalue weighted by Gasteiger charge is -2.27. The number of esters is 1. The van der Waals surface area contributed by atoms with Crippen LogP contribution in [0, 0.1) is 10.1 Å². The molecular formula is C25H23N3O6S. The summed E-state index contributed by atoms with van der Waals surface area (Å²) in [5, 5.41) is 18.2. The Kier molecular flexibility index (Phi) is 6.12. The topological polar surface area (TPSA) is 120 Å². The lowest BCUT2D eigenvalue weighted by Crippen LogP contribution is -2.38. The number of carbonyl (C=O) groups is 2. The molecule has 0 bridgehead atoms. The molecule has 0 radical (unpaired) electrons. The lowest BCUT2D eigenvalue weighted by atomic mass is 9.94. The maximum Gasteiger partial charge on any atom is 0.343 e. The Labute approximate surface area is 205 Å². The summed E-state index contributed by atoms with van der Waals surface area (Å²) >= 11 is 1.65. The molecule has 35 heavy (non-hydrogen) atoms. The second kappa shape index (κ2) is 9.38. The first-order valence-corrected chi connectivity index (χ1v) is 12.2. The summed E-state index contributed by atoms with van der Waals surface area (Å²) in [6.45, 7) is 2.16. The zero-order chi connectivity index (χ0) is 24.5. The third kappa shape index (κ3) is 4.44. The molecule has 10 heteroatoms. The molecule has 0 spiro atoms. The number of nitrogens with one attached hydrogen (secondary N) is 2. The summed E-state index contributed by atoms with van der Waals surface area (Å²) in [6, 6.07) is 10.3. The molecule has 9 nitrogen and oxygen atoms in total. The summed E-state index contributed by atoms with van der Waals surface area (Å²) in [6.07, 6.45) is 3.74. The number of benzene rings is 2. The Morgan fingerprint density at radius 3 is 2.63 bits per heavy atom. The van der Waals surface area contributed by atoms with Crippen molar-refractivity contribution in [1.29, 1.82) is 0 Å². The zero-order valence-electron chi connectivity index (χ0n) is 19.0. The molecule has 180 valence electrons. The van der Waals surface area contributed by atoms with E-state index in [4.69, 9.17) is 9.47 Å². The van der Waals surface area contributed by atoms with Gasteiger partial charge in [0.15, 0.2) is 11.5 Å². The predicted octanol–water partition coefficient (Wildman–Crippen LogP) is 5.01. The van der Waals surface area contributed by atoms with Gasteiger partial charge in [-0.1, -0.05) is 6.07 Å². The predicted molar refractivity (Wildman–Crippen MR) is 130 cm³/mol. The van der Waals surface area contributed by atoms with E-state index < -0.39 is 17.1 Å². The van der Waals surface area contributed by atoms with Crippen LogP contribution in [0.3, 0.4) is 0 Å². The number of hydrogen-bond donors (Lipinski definition) is 2. The first kappa shape index (κ1) is 22.9. The minimum absolute atomic E-state index is 0.0882. The Balaban J connectivity index is 1.37. The number of ether oxygens (including phenoxy) is 2. The highest BCUT2D eigenvalue weighted by Gasteiger charge is 2.32. The van der Waals surface area contributed by atoms with Gasteiger partial charge in [0, 0.05) is 17.0 Å². The van der Waals surface area contributed by atoms with Gasteiger partial charge in [-0.05, 0) is 68.0 Å². The molecule has 0 saturated carbocycles. The van der Waals surface area contributed by atoms with Gasteiger partial charge in [-0.15, -0.1) is 11.3 Å². The van der Waals surface area contributed by atoms with E-state index in [0.29, 0.717) is 12.4 Å². The van der Waals surface area contributed by atoms with Crippen molar-refractivity contribution in [3.05, 3.63) is 79.7 Å². The van der Waals surface area contributed by atoms with Crippen LogP contribution in [-0.4, -0.2) is 23.4 Å². The van der Waals surface area contributed by atoms with Crippen LogP contribution in [0.4, 0.5) is 10.7 Å². The molecule has 1 unspecified atom stereocenters. The van der Waals surface area contributed by atoms with E-state index in [1.165, 1.54) is 34.7 Å². The van der Waals surface area contributed by atoms with Gasteiger partial charge >= 0.3 is 5.97 Å².